The topological polar surface area (TPSA) is 106 Å². The highest BCUT2D eigenvalue weighted by Gasteiger charge is 2.18. The van der Waals surface area contributed by atoms with Gasteiger partial charge in [0.25, 0.3) is 10.0 Å². The van der Waals surface area contributed by atoms with Crippen LogP contribution >= 0.6 is 0 Å². The molecular weight excluding hydrogens is 232 g/mol. The third kappa shape index (κ3) is 2.03. The normalized spacial score (nSPS) is 11.6. The highest BCUT2D eigenvalue weighted by Crippen LogP contribution is 2.09. The average Bonchev–Trinajstić information content (AvgIpc) is 2.85. The van der Waals surface area contributed by atoms with E-state index in [4.69, 9.17) is 0 Å². The lowest BCUT2D eigenvalue weighted by Crippen LogP contribution is -2.14. The summed E-state index contributed by atoms with van der Waals surface area (Å²) in [6.07, 6.45) is 4.11. The van der Waals surface area contributed by atoms with Crippen molar-refractivity contribution in [3.63, 3.8) is 0 Å². The molecule has 2 N–H and O–H groups in total. The Hall–Kier alpha value is -1.90. The van der Waals surface area contributed by atoms with Crippen molar-refractivity contribution in [1.29, 1.82) is 0 Å². The molecule has 0 aromatic carbocycles. The Balaban J connectivity index is 2.25. The third-order valence-electron chi connectivity index (χ3n) is 1.90. The quantitative estimate of drug-likeness (QED) is 0.773. The van der Waals surface area contributed by atoms with Crippen LogP contribution in [0.1, 0.15) is 6.92 Å². The van der Waals surface area contributed by atoms with Crippen molar-refractivity contribution in [3.8, 4) is 0 Å². The van der Waals surface area contributed by atoms with E-state index in [-0.39, 0.29) is 11.0 Å². The standard InChI is InChI=1S/C7H10N6O2S/c1-2-13-3-6(9-5-13)16(14,15)12-7-8-4-10-11-7/h3-5H,2H2,1H3,(H2,8,10,11,12). The van der Waals surface area contributed by atoms with Crippen molar-refractivity contribution >= 4 is 16.0 Å². The smallest absolute Gasteiger partial charge is 0.283 e. The molecule has 0 radical (unpaired) electrons. The Morgan fingerprint density at radius 1 is 1.50 bits per heavy atom. The number of imidazole rings is 1. The molecule has 0 saturated carbocycles. The number of sulfonamides is 1. The molecule has 0 unspecified atom stereocenters. The Labute approximate surface area is 91.8 Å². The van der Waals surface area contributed by atoms with Gasteiger partial charge in [0.1, 0.15) is 6.33 Å². The number of hydrogen-bond acceptors (Lipinski definition) is 5. The summed E-state index contributed by atoms with van der Waals surface area (Å²) >= 11 is 0. The number of anilines is 1. The van der Waals surface area contributed by atoms with Gasteiger partial charge in [-0.1, -0.05) is 0 Å². The molecule has 0 bridgehead atoms. The van der Waals surface area contributed by atoms with E-state index in [1.165, 1.54) is 18.9 Å². The van der Waals surface area contributed by atoms with Crippen LogP contribution in [0.25, 0.3) is 0 Å². The number of aryl methyl sites for hydroxylation is 1. The summed E-state index contributed by atoms with van der Waals surface area (Å²) in [5.74, 6) is 0.0612. The average molecular weight is 242 g/mol. The summed E-state index contributed by atoms with van der Waals surface area (Å²) in [5, 5.41) is 5.88. The second-order valence-corrected chi connectivity index (χ2v) is 4.61. The molecule has 16 heavy (non-hydrogen) atoms. The second-order valence-electron chi connectivity index (χ2n) is 2.98. The van der Waals surface area contributed by atoms with Gasteiger partial charge in [0.2, 0.25) is 5.95 Å². The van der Waals surface area contributed by atoms with E-state index >= 15 is 0 Å². The molecule has 2 heterocycles. The first-order valence-corrected chi connectivity index (χ1v) is 6.00. The van der Waals surface area contributed by atoms with E-state index in [1.807, 2.05) is 6.92 Å². The van der Waals surface area contributed by atoms with Crippen LogP contribution in [-0.4, -0.2) is 33.2 Å². The first-order chi connectivity index (χ1) is 7.62. The Kier molecular flexibility index (Phi) is 2.60. The summed E-state index contributed by atoms with van der Waals surface area (Å²) in [6.45, 7) is 2.55. The van der Waals surface area contributed by atoms with Gasteiger partial charge >= 0.3 is 0 Å². The van der Waals surface area contributed by atoms with E-state index in [1.54, 1.807) is 4.57 Å². The van der Waals surface area contributed by atoms with Crippen molar-refractivity contribution in [2.75, 3.05) is 4.72 Å². The molecule has 9 heteroatoms. The van der Waals surface area contributed by atoms with Crippen LogP contribution < -0.4 is 4.72 Å². The molecule has 0 aliphatic carbocycles. The van der Waals surface area contributed by atoms with Gasteiger partial charge in [0.15, 0.2) is 5.03 Å². The predicted molar refractivity (Wildman–Crippen MR) is 55.1 cm³/mol. The molecule has 2 aromatic heterocycles. The molecule has 0 atom stereocenters. The van der Waals surface area contributed by atoms with Crippen molar-refractivity contribution in [1.82, 2.24) is 24.7 Å². The van der Waals surface area contributed by atoms with Crippen molar-refractivity contribution in [3.05, 3.63) is 18.9 Å². The molecular formula is C7H10N6O2S. The lowest BCUT2D eigenvalue weighted by Gasteiger charge is -2.00. The van der Waals surface area contributed by atoms with Gasteiger partial charge in [-0.25, -0.2) is 14.8 Å². The van der Waals surface area contributed by atoms with E-state index < -0.39 is 10.0 Å². The number of H-pyrrole nitrogens is 1. The third-order valence-corrected chi connectivity index (χ3v) is 3.12. The molecule has 8 nitrogen and oxygen atoms in total. The van der Waals surface area contributed by atoms with Crippen LogP contribution in [0, 0.1) is 0 Å². The summed E-state index contributed by atoms with van der Waals surface area (Å²) in [5.41, 5.74) is 0. The van der Waals surface area contributed by atoms with Gasteiger partial charge in [0, 0.05) is 12.7 Å². The Bertz CT molecular complexity index is 557. The largest absolute Gasteiger partial charge is 0.336 e. The number of hydrogen-bond donors (Lipinski definition) is 2. The molecule has 0 fully saturated rings. The molecule has 2 aromatic rings. The van der Waals surface area contributed by atoms with E-state index in [2.05, 4.69) is 24.9 Å². The molecule has 2 rings (SSSR count). The van der Waals surface area contributed by atoms with Crippen LogP contribution in [0.15, 0.2) is 23.9 Å². The SMILES string of the molecule is CCn1cnc(S(=O)(=O)Nc2ncn[nH]2)c1. The van der Waals surface area contributed by atoms with Crippen molar-refractivity contribution in [2.45, 2.75) is 18.5 Å². The fourth-order valence-corrected chi connectivity index (χ4v) is 2.00. The van der Waals surface area contributed by atoms with Gasteiger partial charge in [-0.2, -0.15) is 18.5 Å². The molecule has 0 saturated heterocycles. The van der Waals surface area contributed by atoms with Gasteiger partial charge < -0.3 is 4.57 Å². The van der Waals surface area contributed by atoms with Crippen molar-refractivity contribution in [2.24, 2.45) is 0 Å². The van der Waals surface area contributed by atoms with E-state index in [0.717, 1.165) is 0 Å². The van der Waals surface area contributed by atoms with Crippen LogP contribution in [0.2, 0.25) is 0 Å². The van der Waals surface area contributed by atoms with Crippen LogP contribution in [0.3, 0.4) is 0 Å². The minimum absolute atomic E-state index is 0.0502. The zero-order valence-corrected chi connectivity index (χ0v) is 9.27. The van der Waals surface area contributed by atoms with Crippen molar-refractivity contribution < 1.29 is 8.42 Å². The number of rotatable bonds is 4. The summed E-state index contributed by atoms with van der Waals surface area (Å²) in [4.78, 5) is 7.45. The maximum Gasteiger partial charge on any atom is 0.283 e. The zero-order chi connectivity index (χ0) is 11.6. The minimum Gasteiger partial charge on any atom is -0.336 e. The van der Waals surface area contributed by atoms with Crippen LogP contribution in [-0.2, 0) is 16.6 Å². The fourth-order valence-electron chi connectivity index (χ4n) is 1.09. The van der Waals surface area contributed by atoms with Gasteiger partial charge in [0.05, 0.1) is 6.33 Å². The first kappa shape index (κ1) is 10.6. The van der Waals surface area contributed by atoms with Crippen LogP contribution in [0.4, 0.5) is 5.95 Å². The maximum absolute atomic E-state index is 11.8. The number of nitrogens with zero attached hydrogens (tertiary/aromatic N) is 4. The lowest BCUT2D eigenvalue weighted by atomic mass is 10.7. The fraction of sp³-hybridized carbons (Fsp3) is 0.286. The van der Waals surface area contributed by atoms with E-state index in [9.17, 15) is 8.42 Å². The summed E-state index contributed by atoms with van der Waals surface area (Å²) < 4.78 is 27.4. The monoisotopic (exact) mass is 242 g/mol. The van der Waals surface area contributed by atoms with Gasteiger partial charge in [-0.15, -0.1) is 0 Å². The molecule has 0 spiro atoms. The number of aromatic nitrogens is 5. The van der Waals surface area contributed by atoms with E-state index in [0.29, 0.717) is 6.54 Å². The van der Waals surface area contributed by atoms with Gasteiger partial charge in [-0.05, 0) is 6.92 Å². The van der Waals surface area contributed by atoms with Gasteiger partial charge in [-0.3, -0.25) is 0 Å². The maximum atomic E-state index is 11.8. The zero-order valence-electron chi connectivity index (χ0n) is 8.45. The molecule has 0 aliphatic heterocycles. The first-order valence-electron chi connectivity index (χ1n) is 4.52. The lowest BCUT2D eigenvalue weighted by molar-refractivity contribution is 0.597. The molecule has 0 aliphatic rings. The number of nitrogens with one attached hydrogen (secondary N) is 2. The second kappa shape index (κ2) is 3.93. The molecule has 86 valence electrons. The number of aromatic amines is 1. The van der Waals surface area contributed by atoms with Crippen LogP contribution in [0.5, 0.6) is 0 Å². The minimum atomic E-state index is -3.69. The summed E-state index contributed by atoms with van der Waals surface area (Å²) in [6, 6.07) is 0. The highest BCUT2D eigenvalue weighted by atomic mass is 32.2. The Morgan fingerprint density at radius 2 is 2.31 bits per heavy atom. The Morgan fingerprint density at radius 3 is 2.88 bits per heavy atom. The highest BCUT2D eigenvalue weighted by molar-refractivity contribution is 7.92. The summed E-state index contributed by atoms with van der Waals surface area (Å²) in [7, 11) is -3.69. The predicted octanol–water partition coefficient (Wildman–Crippen LogP) is -0.178. The molecule has 0 amide bonds.